The van der Waals surface area contributed by atoms with Crippen LogP contribution in [0.5, 0.6) is 5.75 Å². The van der Waals surface area contributed by atoms with Crippen LogP contribution in [0.15, 0.2) is 29.1 Å². The maximum Gasteiger partial charge on any atom is 0.343 e. The molecule has 0 saturated heterocycles. The number of anilines is 1. The number of hydrogen-bond acceptors (Lipinski definition) is 6. The second-order valence-corrected chi connectivity index (χ2v) is 8.99. The molecule has 3 heterocycles. The van der Waals surface area contributed by atoms with E-state index in [4.69, 9.17) is 9.47 Å². The smallest absolute Gasteiger partial charge is 0.343 e. The van der Waals surface area contributed by atoms with Crippen molar-refractivity contribution in [3.8, 4) is 5.75 Å². The first-order chi connectivity index (χ1) is 15.4. The summed E-state index contributed by atoms with van der Waals surface area (Å²) in [6.07, 6.45) is 2.75. The molecule has 0 amide bonds. The minimum absolute atomic E-state index is 0.137. The van der Waals surface area contributed by atoms with Gasteiger partial charge < -0.3 is 18.9 Å². The summed E-state index contributed by atoms with van der Waals surface area (Å²) in [7, 11) is 3.51. The monoisotopic (exact) mass is 439 g/mol. The van der Waals surface area contributed by atoms with Crippen molar-refractivity contribution in [3.63, 3.8) is 0 Å². The first kappa shape index (κ1) is 22.4. The van der Waals surface area contributed by atoms with E-state index in [1.165, 1.54) is 36.4 Å². The molecule has 172 valence electrons. The van der Waals surface area contributed by atoms with Gasteiger partial charge in [-0.05, 0) is 43.9 Å². The average Bonchev–Trinajstić information content (AvgIpc) is 2.96. The lowest BCUT2D eigenvalue weighted by Crippen LogP contribution is -2.29. The zero-order valence-corrected chi connectivity index (χ0v) is 19.5. The van der Waals surface area contributed by atoms with Crippen molar-refractivity contribution in [2.75, 3.05) is 38.7 Å². The molecule has 0 unspecified atom stereocenters. The lowest BCUT2D eigenvalue weighted by molar-refractivity contribution is 0.0591. The molecule has 0 bridgehead atoms. The molecule has 2 aliphatic rings. The van der Waals surface area contributed by atoms with Crippen LogP contribution in [-0.4, -0.2) is 55.3 Å². The maximum atomic E-state index is 12.8. The highest BCUT2D eigenvalue weighted by Gasteiger charge is 2.26. The fraction of sp³-hybridized carbons (Fsp3) is 0.520. The number of nitrogens with zero attached hydrogens (tertiary/aromatic N) is 3. The van der Waals surface area contributed by atoms with Gasteiger partial charge in [0, 0.05) is 63.6 Å². The Morgan fingerprint density at radius 1 is 1.09 bits per heavy atom. The highest BCUT2D eigenvalue weighted by Crippen LogP contribution is 2.28. The van der Waals surface area contributed by atoms with Gasteiger partial charge in [-0.2, -0.15) is 0 Å². The Labute approximate surface area is 189 Å². The van der Waals surface area contributed by atoms with Crippen LogP contribution < -0.4 is 15.2 Å². The Hall–Kier alpha value is -2.80. The number of carbonyl (C=O) groups excluding carboxylic acids is 1. The number of methoxy groups -OCH3 is 1. The number of aryl methyl sites for hydroxylation is 1. The average molecular weight is 440 g/mol. The fourth-order valence-electron chi connectivity index (χ4n) is 4.82. The third kappa shape index (κ3) is 4.53. The number of aromatic nitrogens is 1. The molecular formula is C25H33N3O4. The van der Waals surface area contributed by atoms with Gasteiger partial charge in [0.05, 0.1) is 13.2 Å². The summed E-state index contributed by atoms with van der Waals surface area (Å²) in [6.45, 7) is 7.72. The molecule has 0 aliphatic carbocycles. The SMILES string of the molecule is COC(=O)c1c(OC(C)C)cc(=O)n2c1CCN(Cc1ccc3c(c1)CCCN3C)CC2. The van der Waals surface area contributed by atoms with E-state index in [1.54, 1.807) is 4.57 Å². The van der Waals surface area contributed by atoms with E-state index in [-0.39, 0.29) is 11.7 Å². The number of fused-ring (bicyclic) bond motifs is 2. The van der Waals surface area contributed by atoms with E-state index < -0.39 is 5.97 Å². The Kier molecular flexibility index (Phi) is 6.55. The van der Waals surface area contributed by atoms with Gasteiger partial charge >= 0.3 is 5.97 Å². The molecule has 7 nitrogen and oxygen atoms in total. The number of carbonyl (C=O) groups is 1. The van der Waals surface area contributed by atoms with E-state index in [0.29, 0.717) is 30.0 Å². The van der Waals surface area contributed by atoms with E-state index >= 15 is 0 Å². The molecule has 0 atom stereocenters. The molecule has 4 rings (SSSR count). The Morgan fingerprint density at radius 2 is 1.91 bits per heavy atom. The number of benzene rings is 1. The van der Waals surface area contributed by atoms with Crippen molar-refractivity contribution in [2.24, 2.45) is 0 Å². The van der Waals surface area contributed by atoms with E-state index in [0.717, 1.165) is 32.6 Å². The molecule has 1 aromatic heterocycles. The van der Waals surface area contributed by atoms with Crippen LogP contribution in [0.1, 0.15) is 47.4 Å². The number of rotatable bonds is 5. The zero-order chi connectivity index (χ0) is 22.8. The maximum absolute atomic E-state index is 12.8. The van der Waals surface area contributed by atoms with E-state index in [1.807, 2.05) is 13.8 Å². The van der Waals surface area contributed by atoms with Crippen molar-refractivity contribution >= 4 is 11.7 Å². The Morgan fingerprint density at radius 3 is 2.66 bits per heavy atom. The van der Waals surface area contributed by atoms with Crippen molar-refractivity contribution in [3.05, 3.63) is 57.0 Å². The second kappa shape index (κ2) is 9.36. The summed E-state index contributed by atoms with van der Waals surface area (Å²) < 4.78 is 12.6. The lowest BCUT2D eigenvalue weighted by atomic mass is 9.99. The molecule has 0 saturated carbocycles. The van der Waals surface area contributed by atoms with Gasteiger partial charge in [0.1, 0.15) is 11.3 Å². The van der Waals surface area contributed by atoms with Crippen LogP contribution in [-0.2, 0) is 30.7 Å². The largest absolute Gasteiger partial charge is 0.490 e. The molecule has 7 heteroatoms. The van der Waals surface area contributed by atoms with Crippen LogP contribution in [0.2, 0.25) is 0 Å². The third-order valence-corrected chi connectivity index (χ3v) is 6.34. The first-order valence-corrected chi connectivity index (χ1v) is 11.4. The summed E-state index contributed by atoms with van der Waals surface area (Å²) in [5, 5.41) is 0. The van der Waals surface area contributed by atoms with Crippen molar-refractivity contribution in [1.82, 2.24) is 9.47 Å². The van der Waals surface area contributed by atoms with E-state index in [2.05, 4.69) is 35.0 Å². The van der Waals surface area contributed by atoms with Crippen LogP contribution in [0, 0.1) is 0 Å². The van der Waals surface area contributed by atoms with Gasteiger partial charge in [0.25, 0.3) is 5.56 Å². The second-order valence-electron chi connectivity index (χ2n) is 8.99. The molecule has 0 radical (unpaired) electrons. The molecule has 32 heavy (non-hydrogen) atoms. The predicted octanol–water partition coefficient (Wildman–Crippen LogP) is 2.86. The van der Waals surface area contributed by atoms with Crippen LogP contribution in [0.3, 0.4) is 0 Å². The zero-order valence-electron chi connectivity index (χ0n) is 19.5. The van der Waals surface area contributed by atoms with Crippen LogP contribution in [0.25, 0.3) is 0 Å². The van der Waals surface area contributed by atoms with Gasteiger partial charge in [-0.1, -0.05) is 12.1 Å². The fourth-order valence-corrected chi connectivity index (χ4v) is 4.82. The molecule has 0 N–H and O–H groups in total. The number of hydrogen-bond donors (Lipinski definition) is 0. The highest BCUT2D eigenvalue weighted by atomic mass is 16.5. The lowest BCUT2D eigenvalue weighted by Gasteiger charge is -2.28. The standard InChI is InChI=1S/C25H33N3O4/c1-17(2)32-22-15-23(29)28-13-12-27(11-9-21(28)24(22)25(30)31-4)16-18-7-8-20-19(14-18)6-5-10-26(20)3/h7-8,14-15,17H,5-6,9-13,16H2,1-4H3. The topological polar surface area (TPSA) is 64.0 Å². The normalized spacial score (nSPS) is 16.3. The number of pyridine rings is 1. The summed E-state index contributed by atoms with van der Waals surface area (Å²) in [5.41, 5.74) is 4.97. The number of esters is 1. The van der Waals surface area contributed by atoms with Crippen LogP contribution in [0.4, 0.5) is 5.69 Å². The summed E-state index contributed by atoms with van der Waals surface area (Å²) in [6, 6.07) is 8.18. The first-order valence-electron chi connectivity index (χ1n) is 11.4. The van der Waals surface area contributed by atoms with Gasteiger partial charge in [-0.15, -0.1) is 0 Å². The van der Waals surface area contributed by atoms with E-state index in [9.17, 15) is 9.59 Å². The third-order valence-electron chi connectivity index (χ3n) is 6.34. The molecule has 0 spiro atoms. The Balaban J connectivity index is 1.58. The van der Waals surface area contributed by atoms with Gasteiger partial charge in [-0.25, -0.2) is 4.79 Å². The highest BCUT2D eigenvalue weighted by molar-refractivity contribution is 5.93. The minimum Gasteiger partial charge on any atom is -0.490 e. The molecule has 2 aliphatic heterocycles. The Bertz CT molecular complexity index is 1060. The van der Waals surface area contributed by atoms with Crippen molar-refractivity contribution in [1.29, 1.82) is 0 Å². The quantitative estimate of drug-likeness (QED) is 0.668. The summed E-state index contributed by atoms with van der Waals surface area (Å²) >= 11 is 0. The van der Waals surface area contributed by atoms with Crippen molar-refractivity contribution in [2.45, 2.75) is 52.3 Å². The summed E-state index contributed by atoms with van der Waals surface area (Å²) in [4.78, 5) is 30.1. The number of ether oxygens (including phenoxy) is 2. The molecular weight excluding hydrogens is 406 g/mol. The summed E-state index contributed by atoms with van der Waals surface area (Å²) in [5.74, 6) is -0.146. The molecule has 1 aromatic carbocycles. The molecule has 0 fully saturated rings. The van der Waals surface area contributed by atoms with Crippen molar-refractivity contribution < 1.29 is 14.3 Å². The van der Waals surface area contributed by atoms with Gasteiger partial charge in [-0.3, -0.25) is 9.69 Å². The minimum atomic E-state index is -0.461. The van der Waals surface area contributed by atoms with Gasteiger partial charge in [0.15, 0.2) is 0 Å². The van der Waals surface area contributed by atoms with Crippen LogP contribution >= 0.6 is 0 Å². The predicted molar refractivity (Wildman–Crippen MR) is 125 cm³/mol. The molecule has 2 aromatic rings. The van der Waals surface area contributed by atoms with Gasteiger partial charge in [0.2, 0.25) is 0 Å².